The molecule has 1 atom stereocenters. The monoisotopic (exact) mass is 491 g/mol. The lowest BCUT2D eigenvalue weighted by molar-refractivity contribution is -0.125. The number of anilines is 1. The summed E-state index contributed by atoms with van der Waals surface area (Å²) in [6, 6.07) is 11.1. The highest BCUT2D eigenvalue weighted by atomic mass is 32.1. The van der Waals surface area contributed by atoms with Crippen molar-refractivity contribution in [2.75, 3.05) is 37.6 Å². The minimum absolute atomic E-state index is 0.0275. The second-order valence-electron chi connectivity index (χ2n) is 10.2. The Hall–Kier alpha value is -2.51. The van der Waals surface area contributed by atoms with Gasteiger partial charge in [-0.25, -0.2) is 9.97 Å². The Morgan fingerprint density at radius 3 is 2.69 bits per heavy atom. The summed E-state index contributed by atoms with van der Waals surface area (Å²) in [5.41, 5.74) is 2.70. The van der Waals surface area contributed by atoms with E-state index in [4.69, 9.17) is 0 Å². The quantitative estimate of drug-likeness (QED) is 0.514. The summed E-state index contributed by atoms with van der Waals surface area (Å²) in [6.45, 7) is 10.0. The van der Waals surface area contributed by atoms with E-state index >= 15 is 0 Å². The molecule has 5 rings (SSSR count). The molecular formula is C28H37N5OS. The zero-order valence-corrected chi connectivity index (χ0v) is 21.8. The predicted molar refractivity (Wildman–Crippen MR) is 144 cm³/mol. The van der Waals surface area contributed by atoms with Crippen molar-refractivity contribution in [2.24, 2.45) is 11.8 Å². The van der Waals surface area contributed by atoms with Crippen LogP contribution in [-0.2, 0) is 17.8 Å². The summed E-state index contributed by atoms with van der Waals surface area (Å²) in [7, 11) is 0. The highest BCUT2D eigenvalue weighted by Gasteiger charge is 2.28. The van der Waals surface area contributed by atoms with Crippen molar-refractivity contribution >= 4 is 33.3 Å². The second-order valence-corrected chi connectivity index (χ2v) is 11.3. The first-order chi connectivity index (χ1) is 17.1. The number of hydrogen-bond acceptors (Lipinski definition) is 6. The van der Waals surface area contributed by atoms with E-state index in [2.05, 4.69) is 69.3 Å². The van der Waals surface area contributed by atoms with Gasteiger partial charge in [0.2, 0.25) is 5.91 Å². The van der Waals surface area contributed by atoms with Gasteiger partial charge in [0.25, 0.3) is 0 Å². The summed E-state index contributed by atoms with van der Waals surface area (Å²) in [4.78, 5) is 29.4. The van der Waals surface area contributed by atoms with Crippen LogP contribution in [0.2, 0.25) is 0 Å². The van der Waals surface area contributed by atoms with Crippen LogP contribution < -0.4 is 10.2 Å². The van der Waals surface area contributed by atoms with Gasteiger partial charge in [0.05, 0.1) is 11.3 Å². The fourth-order valence-electron chi connectivity index (χ4n) is 5.39. The van der Waals surface area contributed by atoms with E-state index in [1.807, 2.05) is 0 Å². The van der Waals surface area contributed by atoms with Crippen LogP contribution in [-0.4, -0.2) is 53.5 Å². The average molecular weight is 492 g/mol. The molecule has 1 amide bonds. The molecule has 2 saturated heterocycles. The zero-order valence-electron chi connectivity index (χ0n) is 21.0. The third-order valence-electron chi connectivity index (χ3n) is 7.60. The molecule has 0 bridgehead atoms. The molecule has 4 heterocycles. The number of amides is 1. The number of rotatable bonds is 7. The van der Waals surface area contributed by atoms with E-state index in [0.29, 0.717) is 5.92 Å². The van der Waals surface area contributed by atoms with E-state index in [-0.39, 0.29) is 11.8 Å². The lowest BCUT2D eigenvalue weighted by Crippen LogP contribution is -2.45. The number of aryl methyl sites for hydroxylation is 2. The first kappa shape index (κ1) is 24.2. The predicted octanol–water partition coefficient (Wildman–Crippen LogP) is 4.81. The van der Waals surface area contributed by atoms with Crippen molar-refractivity contribution < 1.29 is 4.79 Å². The second kappa shape index (κ2) is 11.0. The van der Waals surface area contributed by atoms with Crippen LogP contribution >= 0.6 is 11.3 Å². The Labute approximate surface area is 212 Å². The summed E-state index contributed by atoms with van der Waals surface area (Å²) < 4.78 is 0. The maximum Gasteiger partial charge on any atom is 0.224 e. The number of fused-ring (bicyclic) bond motifs is 1. The zero-order chi connectivity index (χ0) is 24.2. The summed E-state index contributed by atoms with van der Waals surface area (Å²) >= 11 is 1.75. The van der Waals surface area contributed by atoms with Gasteiger partial charge in [-0.05, 0) is 69.7 Å². The van der Waals surface area contributed by atoms with Crippen LogP contribution in [0.15, 0.2) is 36.7 Å². The molecule has 7 heteroatoms. The van der Waals surface area contributed by atoms with Gasteiger partial charge in [-0.3, -0.25) is 9.69 Å². The van der Waals surface area contributed by atoms with E-state index in [1.54, 1.807) is 17.7 Å². The average Bonchev–Trinajstić information content (AvgIpc) is 3.33. The van der Waals surface area contributed by atoms with E-state index in [1.165, 1.54) is 16.0 Å². The molecule has 6 nitrogen and oxygen atoms in total. The van der Waals surface area contributed by atoms with Crippen molar-refractivity contribution in [1.29, 1.82) is 0 Å². The number of nitrogens with zero attached hydrogens (tertiary/aromatic N) is 4. The van der Waals surface area contributed by atoms with E-state index in [0.717, 1.165) is 87.4 Å². The van der Waals surface area contributed by atoms with Crippen LogP contribution in [0, 0.1) is 18.8 Å². The Balaban J connectivity index is 1.11. The van der Waals surface area contributed by atoms with Crippen molar-refractivity contribution in [3.63, 3.8) is 0 Å². The molecular weight excluding hydrogens is 454 g/mol. The maximum atomic E-state index is 13.1. The molecule has 2 aromatic heterocycles. The van der Waals surface area contributed by atoms with Gasteiger partial charge in [-0.15, -0.1) is 11.3 Å². The number of likely N-dealkylation sites (tertiary alicyclic amines) is 1. The molecule has 3 aromatic rings. The smallest absolute Gasteiger partial charge is 0.224 e. The Morgan fingerprint density at radius 1 is 1.11 bits per heavy atom. The van der Waals surface area contributed by atoms with Crippen molar-refractivity contribution in [1.82, 2.24) is 20.2 Å². The SMILES string of the molecule is CCc1cc2c(N3CCC[C@@H](C(=O)NCC4CCN(Cc5ccc(C)cc5)CC4)C3)ncnc2s1. The molecule has 0 aliphatic carbocycles. The topological polar surface area (TPSA) is 61.4 Å². The number of hydrogen-bond donors (Lipinski definition) is 1. The first-order valence-corrected chi connectivity index (χ1v) is 13.9. The van der Waals surface area contributed by atoms with Gasteiger partial charge in [0.15, 0.2) is 0 Å². The number of nitrogens with one attached hydrogen (secondary N) is 1. The summed E-state index contributed by atoms with van der Waals surface area (Å²) in [5.74, 6) is 1.80. The van der Waals surface area contributed by atoms with E-state index in [9.17, 15) is 4.79 Å². The molecule has 2 fully saturated rings. The van der Waals surface area contributed by atoms with Crippen LogP contribution in [0.4, 0.5) is 5.82 Å². The maximum absolute atomic E-state index is 13.1. The number of carbonyl (C=O) groups excluding carboxylic acids is 1. The number of benzene rings is 1. The molecule has 1 aromatic carbocycles. The van der Waals surface area contributed by atoms with Crippen molar-refractivity contribution in [3.8, 4) is 0 Å². The van der Waals surface area contributed by atoms with E-state index < -0.39 is 0 Å². The minimum atomic E-state index is 0.0275. The van der Waals surface area contributed by atoms with Gasteiger partial charge < -0.3 is 10.2 Å². The normalized spacial score (nSPS) is 19.8. The number of aromatic nitrogens is 2. The third kappa shape index (κ3) is 5.84. The highest BCUT2D eigenvalue weighted by Crippen LogP contribution is 2.32. The first-order valence-electron chi connectivity index (χ1n) is 13.1. The fourth-order valence-corrected chi connectivity index (χ4v) is 6.32. The van der Waals surface area contributed by atoms with Gasteiger partial charge in [0, 0.05) is 31.1 Å². The number of carbonyl (C=O) groups is 1. The largest absolute Gasteiger partial charge is 0.356 e. The lowest BCUT2D eigenvalue weighted by Gasteiger charge is -2.34. The van der Waals surface area contributed by atoms with Gasteiger partial charge >= 0.3 is 0 Å². The molecule has 0 spiro atoms. The van der Waals surface area contributed by atoms with Gasteiger partial charge in [-0.2, -0.15) is 0 Å². The minimum Gasteiger partial charge on any atom is -0.356 e. The summed E-state index contributed by atoms with van der Waals surface area (Å²) in [5, 5.41) is 4.43. The lowest BCUT2D eigenvalue weighted by atomic mass is 9.94. The molecule has 0 unspecified atom stereocenters. The highest BCUT2D eigenvalue weighted by molar-refractivity contribution is 7.18. The molecule has 35 heavy (non-hydrogen) atoms. The van der Waals surface area contributed by atoms with Crippen LogP contribution in [0.25, 0.3) is 10.2 Å². The third-order valence-corrected chi connectivity index (χ3v) is 8.79. The molecule has 186 valence electrons. The number of piperidine rings is 2. The number of thiophene rings is 1. The molecule has 0 radical (unpaired) electrons. The van der Waals surface area contributed by atoms with Crippen molar-refractivity contribution in [2.45, 2.75) is 52.5 Å². The summed E-state index contributed by atoms with van der Waals surface area (Å²) in [6.07, 6.45) is 6.96. The van der Waals surface area contributed by atoms with Crippen LogP contribution in [0.1, 0.15) is 48.6 Å². The van der Waals surface area contributed by atoms with Gasteiger partial charge in [-0.1, -0.05) is 36.8 Å². The molecule has 0 saturated carbocycles. The molecule has 2 aliphatic rings. The van der Waals surface area contributed by atoms with Crippen molar-refractivity contribution in [3.05, 3.63) is 52.7 Å². The standard InChI is InChI=1S/C28H37N5OS/c1-3-24-15-25-26(30-19-31-28(25)35-24)33-12-4-5-23(18-33)27(34)29-16-21-10-13-32(14-11-21)17-22-8-6-20(2)7-9-22/h6-9,15,19,21,23H,3-5,10-14,16-18H2,1-2H3,(H,29,34)/t23-/m1/s1. The Bertz CT molecular complexity index is 1140. The Kier molecular flexibility index (Phi) is 7.63. The van der Waals surface area contributed by atoms with Crippen LogP contribution in [0.5, 0.6) is 0 Å². The Morgan fingerprint density at radius 2 is 1.91 bits per heavy atom. The van der Waals surface area contributed by atoms with Crippen LogP contribution in [0.3, 0.4) is 0 Å². The fraction of sp³-hybridized carbons (Fsp3) is 0.536. The van der Waals surface area contributed by atoms with Gasteiger partial charge in [0.1, 0.15) is 17.0 Å². The molecule has 2 aliphatic heterocycles. The molecule has 1 N–H and O–H groups in total.